The number of carbonyl (C=O) groups is 1. The number of nitrogens with one attached hydrogen (secondary N) is 1. The van der Waals surface area contributed by atoms with Gasteiger partial charge in [-0.25, -0.2) is 0 Å². The zero-order valence-corrected chi connectivity index (χ0v) is 31.9. The van der Waals surface area contributed by atoms with Crippen molar-refractivity contribution in [2.75, 3.05) is 40.9 Å². The average molecular weight is 677 g/mol. The molecule has 2 N–H and O–H groups in total. The van der Waals surface area contributed by atoms with Crippen LogP contribution in [0.2, 0.25) is 0 Å². The molecule has 0 saturated heterocycles. The zero-order valence-electron chi connectivity index (χ0n) is 31.0. The molecule has 9 heteroatoms. The number of phosphoric acid groups is 1. The first-order chi connectivity index (χ1) is 22.0. The van der Waals surface area contributed by atoms with Crippen molar-refractivity contribution >= 4 is 13.7 Å². The molecule has 276 valence electrons. The van der Waals surface area contributed by atoms with Crippen molar-refractivity contribution in [2.24, 2.45) is 0 Å². The molecule has 1 amide bonds. The Kier molecular flexibility index (Phi) is 30.2. The van der Waals surface area contributed by atoms with Gasteiger partial charge in [0.2, 0.25) is 5.91 Å². The normalized spacial score (nSPS) is 14.7. The van der Waals surface area contributed by atoms with Gasteiger partial charge in [0.05, 0.1) is 39.9 Å². The van der Waals surface area contributed by atoms with E-state index in [4.69, 9.17) is 9.05 Å². The van der Waals surface area contributed by atoms with Crippen LogP contribution in [-0.4, -0.2) is 68.5 Å². The Balaban J connectivity index is 4.18. The van der Waals surface area contributed by atoms with Gasteiger partial charge in [0.15, 0.2) is 0 Å². The predicted molar refractivity (Wildman–Crippen MR) is 192 cm³/mol. The van der Waals surface area contributed by atoms with Gasteiger partial charge in [-0.1, -0.05) is 162 Å². The van der Waals surface area contributed by atoms with Crippen molar-refractivity contribution in [2.45, 2.75) is 193 Å². The highest BCUT2D eigenvalue weighted by Gasteiger charge is 2.24. The van der Waals surface area contributed by atoms with Crippen molar-refractivity contribution in [1.82, 2.24) is 5.32 Å². The van der Waals surface area contributed by atoms with E-state index in [1.165, 1.54) is 103 Å². The Labute approximate surface area is 285 Å². The molecular weight excluding hydrogens is 599 g/mol. The highest BCUT2D eigenvalue weighted by atomic mass is 31.2. The minimum atomic E-state index is -4.54. The highest BCUT2D eigenvalue weighted by molar-refractivity contribution is 7.45. The van der Waals surface area contributed by atoms with Gasteiger partial charge in [0.25, 0.3) is 7.82 Å². The molecule has 0 aromatic rings. The molecule has 0 fully saturated rings. The molecule has 0 aliphatic rings. The average Bonchev–Trinajstić information content (AvgIpc) is 2.99. The lowest BCUT2D eigenvalue weighted by atomic mass is 10.0. The molecule has 0 radical (unpaired) electrons. The molecule has 0 heterocycles. The third kappa shape index (κ3) is 32.1. The van der Waals surface area contributed by atoms with Crippen LogP contribution in [0, 0.1) is 0 Å². The SMILES string of the molecule is CCCCCCCCCCCCCCCCCCCCCC(O)C(COP(=O)([O-])OCC[N+](C)(C)C)NC(=O)CCCCCCC. The van der Waals surface area contributed by atoms with Crippen molar-refractivity contribution in [1.29, 1.82) is 0 Å². The molecule has 8 nitrogen and oxygen atoms in total. The summed E-state index contributed by atoms with van der Waals surface area (Å²) in [6, 6.07) is -0.789. The number of likely N-dealkylation sites (N-methyl/N-ethyl adjacent to an activating group) is 1. The lowest BCUT2D eigenvalue weighted by Gasteiger charge is -2.30. The van der Waals surface area contributed by atoms with Crippen LogP contribution in [0.5, 0.6) is 0 Å². The maximum Gasteiger partial charge on any atom is 0.268 e. The number of hydrogen-bond donors (Lipinski definition) is 2. The van der Waals surface area contributed by atoms with Gasteiger partial charge in [-0.3, -0.25) is 9.36 Å². The third-order valence-corrected chi connectivity index (χ3v) is 9.81. The Hall–Kier alpha value is -0.500. The van der Waals surface area contributed by atoms with E-state index < -0.39 is 20.0 Å². The standard InChI is InChI=1S/C37H77N2O6P/c1-6-8-10-12-13-14-15-16-17-18-19-20-21-22-23-24-25-27-28-30-36(40)35(38-37(41)31-29-26-11-9-7-2)34-45-46(42,43)44-33-32-39(3,4)5/h35-36,40H,6-34H2,1-5H3,(H-,38,41,42,43). The molecule has 0 bridgehead atoms. The fraction of sp³-hybridized carbons (Fsp3) is 0.973. The van der Waals surface area contributed by atoms with E-state index in [0.29, 0.717) is 23.9 Å². The molecule has 0 spiro atoms. The largest absolute Gasteiger partial charge is 0.756 e. The first kappa shape index (κ1) is 45.5. The van der Waals surface area contributed by atoms with E-state index >= 15 is 0 Å². The van der Waals surface area contributed by atoms with Crippen molar-refractivity contribution in [3.63, 3.8) is 0 Å². The monoisotopic (exact) mass is 677 g/mol. The van der Waals surface area contributed by atoms with Crippen LogP contribution in [0.4, 0.5) is 0 Å². The number of aliphatic hydroxyl groups is 1. The lowest BCUT2D eigenvalue weighted by molar-refractivity contribution is -0.870. The van der Waals surface area contributed by atoms with Gasteiger partial charge < -0.3 is 28.8 Å². The molecule has 0 aromatic heterocycles. The molecule has 3 atom stereocenters. The summed E-state index contributed by atoms with van der Waals surface area (Å²) in [7, 11) is 1.31. The first-order valence-electron chi connectivity index (χ1n) is 19.4. The summed E-state index contributed by atoms with van der Waals surface area (Å²) in [4.78, 5) is 24.9. The Morgan fingerprint density at radius 2 is 1.07 bits per heavy atom. The van der Waals surface area contributed by atoms with Crippen LogP contribution in [0.1, 0.15) is 181 Å². The summed E-state index contributed by atoms with van der Waals surface area (Å²) < 4.78 is 23.0. The fourth-order valence-electron chi connectivity index (χ4n) is 5.69. The van der Waals surface area contributed by atoms with Crippen LogP contribution >= 0.6 is 7.82 Å². The Bertz CT molecular complexity index is 733. The molecule has 0 aliphatic heterocycles. The van der Waals surface area contributed by atoms with Crippen LogP contribution in [0.3, 0.4) is 0 Å². The van der Waals surface area contributed by atoms with E-state index in [2.05, 4.69) is 19.2 Å². The minimum absolute atomic E-state index is 0.0149. The molecule has 46 heavy (non-hydrogen) atoms. The fourth-order valence-corrected chi connectivity index (χ4v) is 6.41. The van der Waals surface area contributed by atoms with Crippen molar-refractivity contribution < 1.29 is 32.9 Å². The van der Waals surface area contributed by atoms with E-state index in [-0.39, 0.29) is 19.1 Å². The van der Waals surface area contributed by atoms with E-state index in [1.807, 2.05) is 21.1 Å². The van der Waals surface area contributed by atoms with E-state index in [9.17, 15) is 19.4 Å². The second-order valence-electron chi connectivity index (χ2n) is 14.6. The molecular formula is C37H77N2O6P. The van der Waals surface area contributed by atoms with Crippen LogP contribution in [0.25, 0.3) is 0 Å². The van der Waals surface area contributed by atoms with E-state index in [1.54, 1.807) is 0 Å². The van der Waals surface area contributed by atoms with Gasteiger partial charge in [0.1, 0.15) is 13.2 Å². The van der Waals surface area contributed by atoms with Gasteiger partial charge in [-0.15, -0.1) is 0 Å². The highest BCUT2D eigenvalue weighted by Crippen LogP contribution is 2.38. The lowest BCUT2D eigenvalue weighted by Crippen LogP contribution is -2.46. The van der Waals surface area contributed by atoms with Crippen LogP contribution < -0.4 is 10.2 Å². The summed E-state index contributed by atoms with van der Waals surface area (Å²) in [5.41, 5.74) is 0. The molecule has 0 rings (SSSR count). The summed E-state index contributed by atoms with van der Waals surface area (Å²) in [5, 5.41) is 13.7. The maximum atomic E-state index is 12.6. The second-order valence-corrected chi connectivity index (χ2v) is 16.1. The molecule has 0 aliphatic carbocycles. The number of quaternary nitrogens is 1. The van der Waals surface area contributed by atoms with Gasteiger partial charge in [-0.05, 0) is 12.8 Å². The zero-order chi connectivity index (χ0) is 34.4. The van der Waals surface area contributed by atoms with Crippen molar-refractivity contribution in [3.05, 3.63) is 0 Å². The number of nitrogens with zero attached hydrogens (tertiary/aromatic N) is 1. The summed E-state index contributed by atoms with van der Waals surface area (Å²) in [5.74, 6) is -0.177. The predicted octanol–water partition coefficient (Wildman–Crippen LogP) is 9.22. The Morgan fingerprint density at radius 3 is 1.48 bits per heavy atom. The first-order valence-corrected chi connectivity index (χ1v) is 20.8. The summed E-state index contributed by atoms with van der Waals surface area (Å²) in [6.45, 7) is 4.63. The van der Waals surface area contributed by atoms with Gasteiger partial charge in [0, 0.05) is 6.42 Å². The quantitative estimate of drug-likeness (QED) is 0.0394. The number of amides is 1. The number of unbranched alkanes of at least 4 members (excludes halogenated alkanes) is 22. The van der Waals surface area contributed by atoms with E-state index in [0.717, 1.165) is 51.4 Å². The van der Waals surface area contributed by atoms with Crippen LogP contribution in [0.15, 0.2) is 0 Å². The number of phosphoric ester groups is 1. The molecule has 0 aromatic carbocycles. The third-order valence-electron chi connectivity index (χ3n) is 8.85. The summed E-state index contributed by atoms with van der Waals surface area (Å²) >= 11 is 0. The smallest absolute Gasteiger partial charge is 0.268 e. The number of hydrogen-bond acceptors (Lipinski definition) is 6. The van der Waals surface area contributed by atoms with Crippen LogP contribution in [-0.2, 0) is 18.4 Å². The minimum Gasteiger partial charge on any atom is -0.756 e. The molecule has 3 unspecified atom stereocenters. The molecule has 0 saturated carbocycles. The Morgan fingerprint density at radius 1 is 0.674 bits per heavy atom. The number of rotatable bonds is 35. The van der Waals surface area contributed by atoms with Gasteiger partial charge in [-0.2, -0.15) is 0 Å². The second kappa shape index (κ2) is 30.6. The van der Waals surface area contributed by atoms with Crippen molar-refractivity contribution in [3.8, 4) is 0 Å². The summed E-state index contributed by atoms with van der Waals surface area (Å²) in [6.07, 6.45) is 30.0. The number of carbonyl (C=O) groups excluding carboxylic acids is 1. The number of aliphatic hydroxyl groups excluding tert-OH is 1. The van der Waals surface area contributed by atoms with Gasteiger partial charge >= 0.3 is 0 Å². The topological polar surface area (TPSA) is 108 Å². The maximum absolute atomic E-state index is 12.6.